The van der Waals surface area contributed by atoms with Crippen LogP contribution in [0.1, 0.15) is 37.5 Å². The monoisotopic (exact) mass is 527 g/mol. The van der Waals surface area contributed by atoms with Crippen molar-refractivity contribution in [2.75, 3.05) is 33.2 Å². The lowest BCUT2D eigenvalue weighted by atomic mass is 9.87. The maximum absolute atomic E-state index is 13.2. The van der Waals surface area contributed by atoms with Crippen LogP contribution in [0.25, 0.3) is 12.2 Å². The summed E-state index contributed by atoms with van der Waals surface area (Å²) in [6, 6.07) is 13.4. The molecule has 8 nitrogen and oxygen atoms in total. The summed E-state index contributed by atoms with van der Waals surface area (Å²) in [6.07, 6.45) is 3.40. The zero-order chi connectivity index (χ0) is 27.4. The first-order valence-corrected chi connectivity index (χ1v) is 12.9. The van der Waals surface area contributed by atoms with Gasteiger partial charge in [0.25, 0.3) is 10.0 Å². The van der Waals surface area contributed by atoms with Crippen LogP contribution >= 0.6 is 0 Å². The summed E-state index contributed by atoms with van der Waals surface area (Å²) in [4.78, 5) is 0.0716. The number of hydrogen-bond donors (Lipinski definition) is 2. The molecule has 0 aromatic heterocycles. The van der Waals surface area contributed by atoms with Gasteiger partial charge in [-0.1, -0.05) is 45.1 Å². The summed E-state index contributed by atoms with van der Waals surface area (Å²) in [5, 5.41) is 10.8. The van der Waals surface area contributed by atoms with Gasteiger partial charge in [-0.25, -0.2) is 8.42 Å². The Balaban J connectivity index is 2.03. The summed E-state index contributed by atoms with van der Waals surface area (Å²) in [7, 11) is 1.94. The van der Waals surface area contributed by atoms with Crippen molar-refractivity contribution in [2.24, 2.45) is 0 Å². The first kappa shape index (κ1) is 27.7. The molecule has 0 unspecified atom stereocenters. The number of nitrogens with one attached hydrogen (secondary N) is 1. The van der Waals surface area contributed by atoms with Crippen LogP contribution in [0.5, 0.6) is 28.7 Å². The van der Waals surface area contributed by atoms with Gasteiger partial charge in [0.1, 0.15) is 5.69 Å². The molecule has 0 aliphatic carbocycles. The Bertz CT molecular complexity index is 1360. The molecule has 9 heteroatoms. The Morgan fingerprint density at radius 1 is 0.784 bits per heavy atom. The highest BCUT2D eigenvalue weighted by Crippen LogP contribution is 2.41. The van der Waals surface area contributed by atoms with E-state index in [9.17, 15) is 13.5 Å². The first-order valence-electron chi connectivity index (χ1n) is 11.5. The second-order valence-electron chi connectivity index (χ2n) is 9.25. The van der Waals surface area contributed by atoms with Crippen molar-refractivity contribution in [3.05, 3.63) is 65.2 Å². The number of benzene rings is 3. The minimum atomic E-state index is -4.01. The topological polar surface area (TPSA) is 103 Å². The van der Waals surface area contributed by atoms with Gasteiger partial charge in [0.05, 0.1) is 33.3 Å². The second-order valence-corrected chi connectivity index (χ2v) is 10.9. The van der Waals surface area contributed by atoms with Gasteiger partial charge in [0.15, 0.2) is 23.0 Å². The number of methoxy groups -OCH3 is 4. The second kappa shape index (κ2) is 11.0. The molecule has 0 saturated heterocycles. The third-order valence-corrected chi connectivity index (χ3v) is 7.17. The molecule has 0 heterocycles. The van der Waals surface area contributed by atoms with Crippen LogP contribution in [0.2, 0.25) is 0 Å². The summed E-state index contributed by atoms with van der Waals surface area (Å²) in [5.74, 6) is 1.20. The molecule has 0 aliphatic rings. The number of phenolic OH excluding ortho intramolecular Hbond substituents is 1. The smallest absolute Gasteiger partial charge is 0.262 e. The van der Waals surface area contributed by atoms with Gasteiger partial charge in [-0.2, -0.15) is 0 Å². The molecule has 0 fully saturated rings. The Labute approximate surface area is 218 Å². The van der Waals surface area contributed by atoms with Crippen molar-refractivity contribution >= 4 is 27.9 Å². The maximum atomic E-state index is 13.2. The average Bonchev–Trinajstić information content (AvgIpc) is 2.87. The molecular weight excluding hydrogens is 494 g/mol. The minimum absolute atomic E-state index is 0.0112. The number of phenols is 1. The maximum Gasteiger partial charge on any atom is 0.262 e. The predicted molar refractivity (Wildman–Crippen MR) is 146 cm³/mol. The van der Waals surface area contributed by atoms with Crippen LogP contribution in [0.15, 0.2) is 53.4 Å². The van der Waals surface area contributed by atoms with Gasteiger partial charge in [-0.05, 0) is 52.9 Å². The van der Waals surface area contributed by atoms with Gasteiger partial charge in [-0.3, -0.25) is 4.72 Å². The molecule has 0 saturated carbocycles. The van der Waals surface area contributed by atoms with Crippen molar-refractivity contribution < 1.29 is 32.5 Å². The summed E-state index contributed by atoms with van der Waals surface area (Å²) in [5.41, 5.74) is 2.00. The summed E-state index contributed by atoms with van der Waals surface area (Å²) in [6.45, 7) is 6.15. The van der Waals surface area contributed by atoms with Gasteiger partial charge < -0.3 is 24.1 Å². The lowest BCUT2D eigenvalue weighted by Crippen LogP contribution is -2.15. The van der Waals surface area contributed by atoms with E-state index in [0.29, 0.717) is 28.4 Å². The number of sulfonamides is 1. The minimum Gasteiger partial charge on any atom is -0.503 e. The van der Waals surface area contributed by atoms with Crippen molar-refractivity contribution in [3.63, 3.8) is 0 Å². The predicted octanol–water partition coefficient (Wildman–Crippen LogP) is 5.70. The normalized spacial score (nSPS) is 11.9. The first-order chi connectivity index (χ1) is 17.4. The molecule has 0 atom stereocenters. The van der Waals surface area contributed by atoms with E-state index in [1.807, 2.05) is 0 Å². The van der Waals surface area contributed by atoms with E-state index in [0.717, 1.165) is 5.56 Å². The molecule has 0 amide bonds. The molecule has 2 N–H and O–H groups in total. The van der Waals surface area contributed by atoms with Crippen LogP contribution in [-0.2, 0) is 15.4 Å². The summed E-state index contributed by atoms with van der Waals surface area (Å²) >= 11 is 0. The van der Waals surface area contributed by atoms with E-state index >= 15 is 0 Å². The molecule has 198 valence electrons. The fourth-order valence-electron chi connectivity index (χ4n) is 3.71. The van der Waals surface area contributed by atoms with Gasteiger partial charge in [0, 0.05) is 5.56 Å². The average molecular weight is 528 g/mol. The van der Waals surface area contributed by atoms with E-state index in [-0.39, 0.29) is 27.5 Å². The van der Waals surface area contributed by atoms with E-state index in [4.69, 9.17) is 18.9 Å². The zero-order valence-electron chi connectivity index (χ0n) is 22.1. The Morgan fingerprint density at radius 2 is 1.35 bits per heavy atom. The molecular formula is C28H33NO7S. The number of anilines is 1. The van der Waals surface area contributed by atoms with Crippen molar-refractivity contribution in [2.45, 2.75) is 31.1 Å². The van der Waals surface area contributed by atoms with Crippen LogP contribution < -0.4 is 23.7 Å². The highest BCUT2D eigenvalue weighted by atomic mass is 32.2. The Hall–Kier alpha value is -3.85. The standard InChI is InChI=1S/C28H33NO7S/c1-28(2,3)20-11-13-21(14-12-20)37(31,32)29-25-19(10-15-22(33-4)26(25)30)9-8-18-16-23(34-5)27(36-7)24(17-18)35-6/h8-17,29-30H,1-7H3. The van der Waals surface area contributed by atoms with E-state index < -0.39 is 10.0 Å². The van der Waals surface area contributed by atoms with Crippen LogP contribution in [0.3, 0.4) is 0 Å². The molecule has 37 heavy (non-hydrogen) atoms. The highest BCUT2D eigenvalue weighted by molar-refractivity contribution is 7.92. The third kappa shape index (κ3) is 6.11. The third-order valence-electron chi connectivity index (χ3n) is 5.80. The van der Waals surface area contributed by atoms with Gasteiger partial charge >= 0.3 is 0 Å². The molecule has 0 aliphatic heterocycles. The fourth-order valence-corrected chi connectivity index (χ4v) is 4.80. The Morgan fingerprint density at radius 3 is 1.84 bits per heavy atom. The molecule has 3 aromatic carbocycles. The number of aromatic hydroxyl groups is 1. The highest BCUT2D eigenvalue weighted by Gasteiger charge is 2.22. The van der Waals surface area contributed by atoms with Crippen molar-refractivity contribution in [3.8, 4) is 28.7 Å². The van der Waals surface area contributed by atoms with E-state index in [1.54, 1.807) is 60.7 Å². The van der Waals surface area contributed by atoms with Crippen LogP contribution in [0.4, 0.5) is 5.69 Å². The molecule has 0 spiro atoms. The van der Waals surface area contributed by atoms with Crippen molar-refractivity contribution in [1.82, 2.24) is 0 Å². The van der Waals surface area contributed by atoms with E-state index in [1.165, 1.54) is 28.4 Å². The Kier molecular flexibility index (Phi) is 8.28. The summed E-state index contributed by atoms with van der Waals surface area (Å²) < 4.78 is 50.4. The van der Waals surface area contributed by atoms with Crippen LogP contribution in [-0.4, -0.2) is 42.0 Å². The van der Waals surface area contributed by atoms with E-state index in [2.05, 4.69) is 25.5 Å². The number of hydrogen-bond acceptors (Lipinski definition) is 7. The molecule has 0 bridgehead atoms. The fraction of sp³-hybridized carbons (Fsp3) is 0.286. The largest absolute Gasteiger partial charge is 0.503 e. The molecule has 3 rings (SSSR count). The van der Waals surface area contributed by atoms with Gasteiger partial charge in [-0.15, -0.1) is 0 Å². The van der Waals surface area contributed by atoms with Crippen LogP contribution in [0, 0.1) is 0 Å². The van der Waals surface area contributed by atoms with Crippen molar-refractivity contribution in [1.29, 1.82) is 0 Å². The molecule has 3 aromatic rings. The zero-order valence-corrected chi connectivity index (χ0v) is 22.9. The SMILES string of the molecule is COc1ccc(C=Cc2cc(OC)c(OC)c(OC)c2)c(NS(=O)(=O)c2ccc(C(C)(C)C)cc2)c1O. The van der Waals surface area contributed by atoms with Gasteiger partial charge in [0.2, 0.25) is 5.75 Å². The number of ether oxygens (including phenoxy) is 4. The lowest BCUT2D eigenvalue weighted by Gasteiger charge is -2.19. The lowest BCUT2D eigenvalue weighted by molar-refractivity contribution is 0.324. The molecule has 0 radical (unpaired) electrons. The number of rotatable bonds is 9. The quantitative estimate of drug-likeness (QED) is 0.272.